The second kappa shape index (κ2) is 11.8. The van der Waals surface area contributed by atoms with Crippen LogP contribution in [0.25, 0.3) is 0 Å². The Bertz CT molecular complexity index is 1320. The molecule has 0 aromatic heterocycles. The fraction of sp³-hybridized carbons (Fsp3) is 0.310. The Morgan fingerprint density at radius 1 is 0.900 bits per heavy atom. The highest BCUT2D eigenvalue weighted by Crippen LogP contribution is 2.45. The quantitative estimate of drug-likeness (QED) is 0.416. The zero-order valence-electron chi connectivity index (χ0n) is 22.1. The fourth-order valence-corrected chi connectivity index (χ4v) is 4.91. The third-order valence-electron chi connectivity index (χ3n) is 6.77. The maximum Gasteiger partial charge on any atom is 0.471 e. The summed E-state index contributed by atoms with van der Waals surface area (Å²) in [6.45, 7) is -0.00212. The second-order valence-corrected chi connectivity index (χ2v) is 9.20. The molecule has 3 aromatic rings. The largest absolute Gasteiger partial charge is 0.508 e. The van der Waals surface area contributed by atoms with Gasteiger partial charge in [0.2, 0.25) is 11.7 Å². The van der Waals surface area contributed by atoms with Crippen LogP contribution in [0.3, 0.4) is 0 Å². The van der Waals surface area contributed by atoms with Crippen LogP contribution < -0.4 is 14.2 Å². The SMILES string of the molecule is COc1cc(C2N(CCc3ccc(O)cc3)C(=O)[C@@H](Cc3ccccc3)N2C(=O)C(F)(F)F)cc(OC)c1OC. The Hall–Kier alpha value is -4.41. The summed E-state index contributed by atoms with van der Waals surface area (Å²) in [5, 5.41) is 9.61. The zero-order valence-corrected chi connectivity index (χ0v) is 22.1. The van der Waals surface area contributed by atoms with Crippen molar-refractivity contribution in [1.29, 1.82) is 0 Å². The van der Waals surface area contributed by atoms with Crippen molar-refractivity contribution in [2.24, 2.45) is 0 Å². The van der Waals surface area contributed by atoms with Gasteiger partial charge in [-0.25, -0.2) is 0 Å². The van der Waals surface area contributed by atoms with Gasteiger partial charge in [0, 0.05) is 18.5 Å². The predicted octanol–water partition coefficient (Wildman–Crippen LogP) is 4.50. The van der Waals surface area contributed by atoms with Gasteiger partial charge in [-0.15, -0.1) is 0 Å². The topological polar surface area (TPSA) is 88.5 Å². The van der Waals surface area contributed by atoms with Crippen LogP contribution in [-0.4, -0.2) is 66.8 Å². The Kier molecular flexibility index (Phi) is 8.41. The number of benzene rings is 3. The highest BCUT2D eigenvalue weighted by molar-refractivity contribution is 5.94. The maximum absolute atomic E-state index is 14.0. The highest BCUT2D eigenvalue weighted by atomic mass is 19.4. The lowest BCUT2D eigenvalue weighted by Gasteiger charge is -2.33. The molecule has 1 aliphatic heterocycles. The van der Waals surface area contributed by atoms with Crippen LogP contribution in [0, 0.1) is 0 Å². The minimum absolute atomic E-state index is 0.00212. The molecule has 2 amide bonds. The fourth-order valence-electron chi connectivity index (χ4n) is 4.91. The molecule has 3 aromatic carbocycles. The van der Waals surface area contributed by atoms with Gasteiger partial charge in [-0.05, 0) is 41.8 Å². The lowest BCUT2D eigenvalue weighted by Crippen LogP contribution is -2.47. The van der Waals surface area contributed by atoms with Gasteiger partial charge in [0.1, 0.15) is 18.0 Å². The van der Waals surface area contributed by atoms with Crippen LogP contribution in [0.5, 0.6) is 23.0 Å². The number of amides is 2. The number of nitrogens with zero attached hydrogens (tertiary/aromatic N) is 2. The Balaban J connectivity index is 1.86. The summed E-state index contributed by atoms with van der Waals surface area (Å²) in [5.74, 6) is -2.17. The van der Waals surface area contributed by atoms with Gasteiger partial charge < -0.3 is 24.2 Å². The summed E-state index contributed by atoms with van der Waals surface area (Å²) in [4.78, 5) is 28.7. The van der Waals surface area contributed by atoms with E-state index in [1.54, 1.807) is 42.5 Å². The number of ether oxygens (including phenoxy) is 3. The molecule has 0 aliphatic carbocycles. The number of hydrogen-bond donors (Lipinski definition) is 1. The molecule has 1 saturated heterocycles. The molecule has 40 heavy (non-hydrogen) atoms. The first-order valence-corrected chi connectivity index (χ1v) is 12.4. The van der Waals surface area contributed by atoms with Gasteiger partial charge in [-0.2, -0.15) is 13.2 Å². The molecular weight excluding hydrogens is 529 g/mol. The molecule has 1 unspecified atom stereocenters. The van der Waals surface area contributed by atoms with E-state index in [4.69, 9.17) is 14.2 Å². The van der Waals surface area contributed by atoms with Crippen molar-refractivity contribution in [1.82, 2.24) is 9.80 Å². The van der Waals surface area contributed by atoms with Crippen molar-refractivity contribution in [3.05, 3.63) is 83.4 Å². The lowest BCUT2D eigenvalue weighted by atomic mass is 10.0. The van der Waals surface area contributed by atoms with E-state index in [0.717, 1.165) is 5.56 Å². The Morgan fingerprint density at radius 2 is 1.50 bits per heavy atom. The average molecular weight is 559 g/mol. The molecule has 0 radical (unpaired) electrons. The summed E-state index contributed by atoms with van der Waals surface area (Å²) in [5.41, 5.74) is 1.53. The zero-order chi connectivity index (χ0) is 29.0. The monoisotopic (exact) mass is 558 g/mol. The lowest BCUT2D eigenvalue weighted by molar-refractivity contribution is -0.190. The Morgan fingerprint density at radius 3 is 2.02 bits per heavy atom. The number of rotatable bonds is 9. The van der Waals surface area contributed by atoms with Crippen LogP contribution in [0.15, 0.2) is 66.7 Å². The van der Waals surface area contributed by atoms with Crippen molar-refractivity contribution in [2.45, 2.75) is 31.2 Å². The molecule has 1 heterocycles. The second-order valence-electron chi connectivity index (χ2n) is 9.20. The molecule has 0 saturated carbocycles. The van der Waals surface area contributed by atoms with Crippen molar-refractivity contribution < 1.29 is 42.1 Å². The number of halogens is 3. The average Bonchev–Trinajstić information content (AvgIpc) is 3.21. The minimum atomic E-state index is -5.24. The van der Waals surface area contributed by atoms with Crippen molar-refractivity contribution in [3.8, 4) is 23.0 Å². The number of hydrogen-bond acceptors (Lipinski definition) is 6. The number of carbonyl (C=O) groups is 2. The third kappa shape index (κ3) is 5.78. The van der Waals surface area contributed by atoms with Gasteiger partial charge in [-0.1, -0.05) is 42.5 Å². The molecule has 4 rings (SSSR count). The Labute approximate surface area is 229 Å². The normalized spacial score (nSPS) is 17.2. The smallest absolute Gasteiger partial charge is 0.471 e. The molecule has 0 spiro atoms. The first-order chi connectivity index (χ1) is 19.1. The minimum Gasteiger partial charge on any atom is -0.508 e. The van der Waals surface area contributed by atoms with E-state index in [0.29, 0.717) is 10.5 Å². The summed E-state index contributed by atoms with van der Waals surface area (Å²) in [6, 6.07) is 16.3. The number of phenols is 1. The van der Waals surface area contributed by atoms with Crippen molar-refractivity contribution >= 4 is 11.8 Å². The van der Waals surface area contributed by atoms with E-state index in [1.165, 1.54) is 50.5 Å². The number of carbonyl (C=O) groups excluding carboxylic acids is 2. The molecule has 1 N–H and O–H groups in total. The van der Waals surface area contributed by atoms with E-state index in [9.17, 15) is 27.9 Å². The van der Waals surface area contributed by atoms with Gasteiger partial charge in [0.05, 0.1) is 21.3 Å². The highest BCUT2D eigenvalue weighted by Gasteiger charge is 2.55. The standard InChI is InChI=1S/C29H29F3N2O6/c1-38-23-16-20(17-24(39-2)25(23)40-3)26-33(14-13-18-9-11-21(35)12-10-18)27(36)22(15-19-7-5-4-6-8-19)34(26)28(37)29(30,31)32/h4-12,16-17,22,26,35H,13-15H2,1-3H3/t22-,26?/m1/s1. The van der Waals surface area contributed by atoms with Crippen LogP contribution in [0.1, 0.15) is 22.9 Å². The first-order valence-electron chi connectivity index (χ1n) is 12.4. The third-order valence-corrected chi connectivity index (χ3v) is 6.77. The van der Waals surface area contributed by atoms with Crippen LogP contribution in [0.2, 0.25) is 0 Å². The van der Waals surface area contributed by atoms with Crippen LogP contribution in [-0.2, 0) is 22.4 Å². The van der Waals surface area contributed by atoms with Crippen molar-refractivity contribution in [3.63, 3.8) is 0 Å². The molecule has 1 aliphatic rings. The number of aromatic hydroxyl groups is 1. The van der Waals surface area contributed by atoms with E-state index in [1.807, 2.05) is 0 Å². The summed E-state index contributed by atoms with van der Waals surface area (Å²) < 4.78 is 58.3. The summed E-state index contributed by atoms with van der Waals surface area (Å²) in [6.07, 6.45) is -6.50. The van der Waals surface area contributed by atoms with E-state index >= 15 is 0 Å². The van der Waals surface area contributed by atoms with Gasteiger partial charge in [0.15, 0.2) is 11.5 Å². The molecule has 2 atom stereocenters. The summed E-state index contributed by atoms with van der Waals surface area (Å²) in [7, 11) is 4.11. The van der Waals surface area contributed by atoms with Crippen molar-refractivity contribution in [2.75, 3.05) is 27.9 Å². The molecule has 1 fully saturated rings. The first kappa shape index (κ1) is 28.6. The molecule has 11 heteroatoms. The van der Waals surface area contributed by atoms with Crippen LogP contribution in [0.4, 0.5) is 13.2 Å². The van der Waals surface area contributed by atoms with Crippen LogP contribution >= 0.6 is 0 Å². The molecular formula is C29H29F3N2O6. The number of methoxy groups -OCH3 is 3. The van der Waals surface area contributed by atoms with Gasteiger partial charge in [0.25, 0.3) is 0 Å². The van der Waals surface area contributed by atoms with E-state index in [-0.39, 0.29) is 47.9 Å². The summed E-state index contributed by atoms with van der Waals surface area (Å²) >= 11 is 0. The molecule has 8 nitrogen and oxygen atoms in total. The van der Waals surface area contributed by atoms with Gasteiger partial charge >= 0.3 is 12.1 Å². The van der Waals surface area contributed by atoms with Gasteiger partial charge in [-0.3, -0.25) is 14.5 Å². The molecule has 0 bridgehead atoms. The van der Waals surface area contributed by atoms with E-state index in [2.05, 4.69) is 0 Å². The number of alkyl halides is 3. The maximum atomic E-state index is 14.0. The molecule has 212 valence electrons. The van der Waals surface area contributed by atoms with E-state index < -0.39 is 30.2 Å². The number of phenolic OH excluding ortho intramolecular Hbond substituents is 1. The predicted molar refractivity (Wildman–Crippen MR) is 139 cm³/mol.